The fourth-order valence-electron chi connectivity index (χ4n) is 3.26. The second-order valence-electron chi connectivity index (χ2n) is 5.91. The molecule has 0 aliphatic carbocycles. The first kappa shape index (κ1) is 16.6. The summed E-state index contributed by atoms with van der Waals surface area (Å²) in [5.41, 5.74) is 1.62. The Kier molecular flexibility index (Phi) is 4.49. The Morgan fingerprint density at radius 1 is 1.12 bits per heavy atom. The fraction of sp³-hybridized carbons (Fsp3) is 0.438. The highest BCUT2D eigenvalue weighted by molar-refractivity contribution is 6.28. The van der Waals surface area contributed by atoms with Crippen molar-refractivity contribution < 1.29 is 13.5 Å². The number of hydrogen-bond acceptors (Lipinski definition) is 6. The number of aromatic nitrogens is 3. The highest BCUT2D eigenvalue weighted by atomic mass is 35.5. The van der Waals surface area contributed by atoms with Crippen LogP contribution in [0, 0.1) is 0 Å². The van der Waals surface area contributed by atoms with Gasteiger partial charge in [0.05, 0.1) is 13.2 Å². The highest BCUT2D eigenvalue weighted by Crippen LogP contribution is 2.39. The number of morpholine rings is 1. The molecule has 0 N–H and O–H groups in total. The number of alkyl halides is 2. The molecule has 1 unspecified atom stereocenters. The third kappa shape index (κ3) is 3.17. The SMILES string of the molecule is FC(F)N1Cc2ccccc2C1c1nc(Cl)nc(N2CCOCC2)n1. The Hall–Kier alpha value is -1.90. The van der Waals surface area contributed by atoms with Gasteiger partial charge in [0.1, 0.15) is 6.04 Å². The summed E-state index contributed by atoms with van der Waals surface area (Å²) in [5, 5.41) is 0.00471. The predicted molar refractivity (Wildman–Crippen MR) is 87.7 cm³/mol. The van der Waals surface area contributed by atoms with Gasteiger partial charge >= 0.3 is 0 Å². The van der Waals surface area contributed by atoms with Crippen LogP contribution in [0.5, 0.6) is 0 Å². The summed E-state index contributed by atoms with van der Waals surface area (Å²) in [4.78, 5) is 15.8. The summed E-state index contributed by atoms with van der Waals surface area (Å²) >= 11 is 6.08. The van der Waals surface area contributed by atoms with E-state index in [1.165, 1.54) is 0 Å². The van der Waals surface area contributed by atoms with Gasteiger partial charge in [-0.2, -0.15) is 18.7 Å². The molecular formula is C16H16ClF2N5O. The van der Waals surface area contributed by atoms with Crippen molar-refractivity contribution in [2.45, 2.75) is 19.1 Å². The fourth-order valence-corrected chi connectivity index (χ4v) is 3.42. The van der Waals surface area contributed by atoms with Gasteiger partial charge in [-0.15, -0.1) is 0 Å². The molecular weight excluding hydrogens is 352 g/mol. The minimum atomic E-state index is -2.63. The van der Waals surface area contributed by atoms with E-state index < -0.39 is 12.6 Å². The maximum Gasteiger partial charge on any atom is 0.295 e. The van der Waals surface area contributed by atoms with Crippen LogP contribution in [0.4, 0.5) is 14.7 Å². The molecule has 3 heterocycles. The van der Waals surface area contributed by atoms with Crippen molar-refractivity contribution in [1.29, 1.82) is 0 Å². The van der Waals surface area contributed by atoms with Crippen LogP contribution in [0.15, 0.2) is 24.3 Å². The topological polar surface area (TPSA) is 54.4 Å². The molecule has 0 amide bonds. The summed E-state index contributed by atoms with van der Waals surface area (Å²) in [6.45, 7) is -0.101. The number of nitrogens with zero attached hydrogens (tertiary/aromatic N) is 5. The molecule has 1 aromatic heterocycles. The Bertz CT molecular complexity index is 772. The third-order valence-corrected chi connectivity index (χ3v) is 4.61. The number of hydrogen-bond donors (Lipinski definition) is 0. The van der Waals surface area contributed by atoms with E-state index in [9.17, 15) is 8.78 Å². The second kappa shape index (κ2) is 6.78. The highest BCUT2D eigenvalue weighted by Gasteiger charge is 2.38. The van der Waals surface area contributed by atoms with Crippen LogP contribution < -0.4 is 4.90 Å². The average Bonchev–Trinajstić information content (AvgIpc) is 3.02. The summed E-state index contributed by atoms with van der Waals surface area (Å²) in [6.07, 6.45) is 0. The standard InChI is InChI=1S/C16H16ClF2N5O/c17-14-20-13(21-16(22-14)23-5-7-25-8-6-23)12-11-4-2-1-3-10(11)9-24(12)15(18)19/h1-4,12,15H,5-9H2. The van der Waals surface area contributed by atoms with E-state index in [0.29, 0.717) is 32.3 Å². The van der Waals surface area contributed by atoms with Gasteiger partial charge < -0.3 is 9.64 Å². The zero-order valence-corrected chi connectivity index (χ0v) is 14.0. The smallest absolute Gasteiger partial charge is 0.295 e. The van der Waals surface area contributed by atoms with E-state index in [1.807, 2.05) is 29.2 Å². The van der Waals surface area contributed by atoms with Crippen LogP contribution in [0.25, 0.3) is 0 Å². The van der Waals surface area contributed by atoms with Gasteiger partial charge in [0.2, 0.25) is 11.2 Å². The minimum absolute atomic E-state index is 0.00471. The van der Waals surface area contributed by atoms with Gasteiger partial charge in [-0.25, -0.2) is 9.88 Å². The van der Waals surface area contributed by atoms with Gasteiger partial charge in [-0.05, 0) is 22.7 Å². The molecule has 0 spiro atoms. The lowest BCUT2D eigenvalue weighted by molar-refractivity contribution is -0.0445. The molecule has 1 saturated heterocycles. The summed E-state index contributed by atoms with van der Waals surface area (Å²) < 4.78 is 32.5. The molecule has 1 aromatic carbocycles. The van der Waals surface area contributed by atoms with Gasteiger partial charge in [0.25, 0.3) is 6.55 Å². The largest absolute Gasteiger partial charge is 0.378 e. The Morgan fingerprint density at radius 2 is 1.88 bits per heavy atom. The maximum absolute atomic E-state index is 13.6. The van der Waals surface area contributed by atoms with Crippen LogP contribution in [0.1, 0.15) is 23.0 Å². The zero-order chi connectivity index (χ0) is 17.4. The van der Waals surface area contributed by atoms with E-state index >= 15 is 0 Å². The molecule has 2 aliphatic heterocycles. The average molecular weight is 368 g/mol. The van der Waals surface area contributed by atoms with E-state index in [0.717, 1.165) is 16.0 Å². The van der Waals surface area contributed by atoms with Crippen molar-refractivity contribution in [3.63, 3.8) is 0 Å². The number of rotatable bonds is 3. The van der Waals surface area contributed by atoms with E-state index in [-0.39, 0.29) is 17.7 Å². The van der Waals surface area contributed by atoms with Crippen molar-refractivity contribution in [3.05, 3.63) is 46.5 Å². The molecule has 2 aromatic rings. The third-order valence-electron chi connectivity index (χ3n) is 4.44. The first-order chi connectivity index (χ1) is 12.1. The van der Waals surface area contributed by atoms with Gasteiger partial charge in [-0.3, -0.25) is 0 Å². The quantitative estimate of drug-likeness (QED) is 0.777. The van der Waals surface area contributed by atoms with Gasteiger partial charge in [0.15, 0.2) is 5.82 Å². The van der Waals surface area contributed by atoms with Crippen LogP contribution in [-0.2, 0) is 11.3 Å². The number of ether oxygens (including phenoxy) is 1. The Balaban J connectivity index is 1.75. The first-order valence-electron chi connectivity index (χ1n) is 7.99. The van der Waals surface area contributed by atoms with E-state index in [1.54, 1.807) is 0 Å². The number of anilines is 1. The molecule has 0 radical (unpaired) electrons. The summed E-state index contributed by atoms with van der Waals surface area (Å²) in [7, 11) is 0. The van der Waals surface area contributed by atoms with Crippen LogP contribution in [0.2, 0.25) is 5.28 Å². The van der Waals surface area contributed by atoms with Crippen molar-refractivity contribution in [2.75, 3.05) is 31.2 Å². The van der Waals surface area contributed by atoms with Crippen molar-refractivity contribution in [2.24, 2.45) is 0 Å². The molecule has 0 saturated carbocycles. The Morgan fingerprint density at radius 3 is 2.64 bits per heavy atom. The van der Waals surface area contributed by atoms with E-state index in [4.69, 9.17) is 16.3 Å². The van der Waals surface area contributed by atoms with Crippen molar-refractivity contribution >= 4 is 17.5 Å². The molecule has 4 rings (SSSR count). The number of fused-ring (bicyclic) bond motifs is 1. The lowest BCUT2D eigenvalue weighted by Crippen LogP contribution is -2.38. The minimum Gasteiger partial charge on any atom is -0.378 e. The molecule has 0 bridgehead atoms. The zero-order valence-electron chi connectivity index (χ0n) is 13.3. The van der Waals surface area contributed by atoms with Crippen molar-refractivity contribution in [3.8, 4) is 0 Å². The van der Waals surface area contributed by atoms with Crippen LogP contribution in [-0.4, -0.2) is 52.7 Å². The first-order valence-corrected chi connectivity index (χ1v) is 8.37. The maximum atomic E-state index is 13.6. The molecule has 1 fully saturated rings. The lowest BCUT2D eigenvalue weighted by atomic mass is 10.0. The molecule has 1 atom stereocenters. The lowest BCUT2D eigenvalue weighted by Gasteiger charge is -2.28. The van der Waals surface area contributed by atoms with Crippen LogP contribution >= 0.6 is 11.6 Å². The van der Waals surface area contributed by atoms with Crippen LogP contribution in [0.3, 0.4) is 0 Å². The Labute approximate surface area is 148 Å². The molecule has 25 heavy (non-hydrogen) atoms. The summed E-state index contributed by atoms with van der Waals surface area (Å²) in [6, 6.07) is 6.60. The molecule has 132 valence electrons. The number of halogens is 3. The number of benzene rings is 1. The predicted octanol–water partition coefficient (Wildman–Crippen LogP) is 2.49. The normalized spacial score (nSPS) is 21.0. The molecule has 6 nitrogen and oxygen atoms in total. The van der Waals surface area contributed by atoms with Gasteiger partial charge in [0, 0.05) is 19.6 Å². The monoisotopic (exact) mass is 367 g/mol. The van der Waals surface area contributed by atoms with Gasteiger partial charge in [-0.1, -0.05) is 24.3 Å². The summed E-state index contributed by atoms with van der Waals surface area (Å²) in [5.74, 6) is 0.642. The molecule has 2 aliphatic rings. The molecule has 9 heteroatoms. The van der Waals surface area contributed by atoms with E-state index in [2.05, 4.69) is 15.0 Å². The second-order valence-corrected chi connectivity index (χ2v) is 6.25. The van der Waals surface area contributed by atoms with Crippen molar-refractivity contribution in [1.82, 2.24) is 19.9 Å².